The predicted octanol–water partition coefficient (Wildman–Crippen LogP) is 4.47. The fraction of sp³-hybridized carbons (Fsp3) is 0.935. The standard InChI is InChI=1S/C31H49BN2O6/c1-27(2,3)38-26(36)33-24(30-13-18-10-19(14-30)16-31(37,15-18)17-30)25(35)34-9-7-8-23(34)32-39-22-12-20-11-21(28(20,4)5)29(22,6)40-32/h18-24,37H,7-17H2,1-6H3,(H,33,36)/t18?,19?,20-,21-,22+,23-,24+,29-,30?,31?/m0/s1. The minimum Gasteiger partial charge on any atom is -0.444 e. The Hall–Kier alpha value is -1.32. The number of ether oxygens (including phenoxy) is 1. The van der Waals surface area contributed by atoms with Crippen molar-refractivity contribution in [2.45, 2.75) is 141 Å². The van der Waals surface area contributed by atoms with Gasteiger partial charge in [-0.25, -0.2) is 4.79 Å². The molecule has 7 aliphatic carbocycles. The second-order valence-electron chi connectivity index (χ2n) is 16.7. The van der Waals surface area contributed by atoms with Gasteiger partial charge in [-0.3, -0.25) is 4.79 Å². The predicted molar refractivity (Wildman–Crippen MR) is 150 cm³/mol. The van der Waals surface area contributed by atoms with Crippen molar-refractivity contribution in [2.75, 3.05) is 6.54 Å². The van der Waals surface area contributed by atoms with Crippen LogP contribution in [0.5, 0.6) is 0 Å². The van der Waals surface area contributed by atoms with Gasteiger partial charge in [0, 0.05) is 12.0 Å². The van der Waals surface area contributed by atoms with E-state index in [0.717, 1.165) is 51.4 Å². The first-order chi connectivity index (χ1) is 18.6. The molecule has 9 heteroatoms. The highest BCUT2D eigenvalue weighted by molar-refractivity contribution is 6.48. The summed E-state index contributed by atoms with van der Waals surface area (Å²) in [5.74, 6) is 1.70. The number of hydrogen-bond donors (Lipinski definition) is 2. The van der Waals surface area contributed by atoms with Crippen LogP contribution in [0.4, 0.5) is 4.79 Å². The van der Waals surface area contributed by atoms with Crippen LogP contribution < -0.4 is 5.32 Å². The number of amides is 2. The van der Waals surface area contributed by atoms with Gasteiger partial charge in [0.1, 0.15) is 11.6 Å². The molecule has 9 fully saturated rings. The molecule has 0 aromatic rings. The SMILES string of the molecule is CC(C)(C)OC(=O)N[C@H](C(=O)N1CCC[C@H]1B1O[C@@H]2C[C@@H]3C[C@@H](C3(C)C)[C@]2(C)O1)C12CC3CC(CC(O)(C3)C1)C2. The van der Waals surface area contributed by atoms with Gasteiger partial charge in [-0.1, -0.05) is 13.8 Å². The molecule has 2 amide bonds. The first kappa shape index (κ1) is 27.5. The van der Waals surface area contributed by atoms with E-state index in [1.165, 1.54) is 6.42 Å². The van der Waals surface area contributed by atoms with E-state index in [4.69, 9.17) is 14.0 Å². The lowest BCUT2D eigenvalue weighted by molar-refractivity contribution is -0.199. The van der Waals surface area contributed by atoms with Crippen LogP contribution in [-0.4, -0.2) is 70.6 Å². The first-order valence-corrected chi connectivity index (χ1v) is 16.0. The topological polar surface area (TPSA) is 97.3 Å². The third kappa shape index (κ3) is 4.10. The van der Waals surface area contributed by atoms with E-state index in [-0.39, 0.29) is 29.0 Å². The van der Waals surface area contributed by atoms with Crippen LogP contribution in [0.2, 0.25) is 0 Å². The van der Waals surface area contributed by atoms with Gasteiger partial charge in [0.2, 0.25) is 5.91 Å². The Kier molecular flexibility index (Phi) is 5.93. The van der Waals surface area contributed by atoms with Gasteiger partial charge in [0.25, 0.3) is 0 Å². The molecule has 0 spiro atoms. The molecule has 0 radical (unpaired) electrons. The molecule has 0 aromatic carbocycles. The average Bonchev–Trinajstić information content (AvgIpc) is 3.43. The zero-order chi connectivity index (χ0) is 28.5. The molecule has 2 unspecified atom stereocenters. The maximum absolute atomic E-state index is 14.7. The number of hydrogen-bond acceptors (Lipinski definition) is 6. The summed E-state index contributed by atoms with van der Waals surface area (Å²) in [7, 11) is -0.445. The van der Waals surface area contributed by atoms with Crippen LogP contribution >= 0.6 is 0 Å². The Balaban J connectivity index is 1.16. The number of aliphatic hydroxyl groups is 1. The molecule has 9 rings (SSSR count). The minimum absolute atomic E-state index is 0.0595. The van der Waals surface area contributed by atoms with Gasteiger partial charge in [-0.2, -0.15) is 0 Å². The van der Waals surface area contributed by atoms with E-state index in [2.05, 4.69) is 26.1 Å². The van der Waals surface area contributed by atoms with Crippen molar-refractivity contribution < 1.29 is 28.7 Å². The maximum Gasteiger partial charge on any atom is 0.481 e. The molecule has 222 valence electrons. The molecule has 8 atom stereocenters. The Morgan fingerprint density at radius 1 is 1.07 bits per heavy atom. The van der Waals surface area contributed by atoms with Crippen LogP contribution in [0, 0.1) is 34.5 Å². The summed E-state index contributed by atoms with van der Waals surface area (Å²) in [6.45, 7) is 13.1. The molecular formula is C31H49BN2O6. The lowest BCUT2D eigenvalue weighted by Gasteiger charge is -2.64. The maximum atomic E-state index is 14.7. The Labute approximate surface area is 239 Å². The number of carbonyl (C=O) groups is 2. The minimum atomic E-state index is -0.738. The number of likely N-dealkylation sites (tertiary alicyclic amines) is 1. The molecule has 2 saturated heterocycles. The van der Waals surface area contributed by atoms with Crippen molar-refractivity contribution in [3.8, 4) is 0 Å². The monoisotopic (exact) mass is 556 g/mol. The second kappa shape index (κ2) is 8.62. The van der Waals surface area contributed by atoms with Crippen LogP contribution in [0.25, 0.3) is 0 Å². The van der Waals surface area contributed by atoms with Crippen molar-refractivity contribution in [3.05, 3.63) is 0 Å². The number of carbonyl (C=O) groups excluding carboxylic acids is 2. The summed E-state index contributed by atoms with van der Waals surface area (Å²) in [5, 5.41) is 14.6. The molecule has 9 aliphatic rings. The second-order valence-corrected chi connectivity index (χ2v) is 16.7. The number of rotatable bonds is 4. The Morgan fingerprint density at radius 3 is 2.40 bits per heavy atom. The largest absolute Gasteiger partial charge is 0.481 e. The van der Waals surface area contributed by atoms with Crippen molar-refractivity contribution in [2.24, 2.45) is 34.5 Å². The van der Waals surface area contributed by atoms with Crippen LogP contribution in [0.15, 0.2) is 0 Å². The molecule has 2 heterocycles. The van der Waals surface area contributed by atoms with Gasteiger partial charge in [0.05, 0.1) is 23.2 Å². The molecule has 2 N–H and O–H groups in total. The smallest absolute Gasteiger partial charge is 0.444 e. The lowest BCUT2D eigenvalue weighted by atomic mass is 9.43. The average molecular weight is 557 g/mol. The molecule has 2 aliphatic heterocycles. The van der Waals surface area contributed by atoms with E-state index < -0.39 is 35.9 Å². The highest BCUT2D eigenvalue weighted by atomic mass is 16.7. The number of alkyl carbamates (subject to hydrolysis) is 1. The number of nitrogens with one attached hydrogen (secondary N) is 1. The quantitative estimate of drug-likeness (QED) is 0.496. The van der Waals surface area contributed by atoms with Crippen molar-refractivity contribution in [3.63, 3.8) is 0 Å². The highest BCUT2D eigenvalue weighted by Gasteiger charge is 2.69. The summed E-state index contributed by atoms with van der Waals surface area (Å²) < 4.78 is 19.2. The summed E-state index contributed by atoms with van der Waals surface area (Å²) in [6.07, 6.45) is 8.48. The molecule has 0 aromatic heterocycles. The Bertz CT molecular complexity index is 1080. The van der Waals surface area contributed by atoms with E-state index in [0.29, 0.717) is 36.6 Å². The molecule has 40 heavy (non-hydrogen) atoms. The third-order valence-electron chi connectivity index (χ3n) is 12.5. The van der Waals surface area contributed by atoms with Gasteiger partial charge >= 0.3 is 13.2 Å². The van der Waals surface area contributed by atoms with E-state index >= 15 is 0 Å². The van der Waals surface area contributed by atoms with Crippen molar-refractivity contribution >= 4 is 19.1 Å². The molecular weight excluding hydrogens is 507 g/mol. The fourth-order valence-electron chi connectivity index (χ4n) is 11.1. The van der Waals surface area contributed by atoms with Crippen LogP contribution in [0.1, 0.15) is 106 Å². The number of nitrogens with zero attached hydrogens (tertiary/aromatic N) is 1. The molecule has 6 bridgehead atoms. The summed E-state index contributed by atoms with van der Waals surface area (Å²) >= 11 is 0. The van der Waals surface area contributed by atoms with Gasteiger partial charge in [-0.05, 0) is 121 Å². The van der Waals surface area contributed by atoms with Crippen LogP contribution in [-0.2, 0) is 18.8 Å². The first-order valence-electron chi connectivity index (χ1n) is 16.0. The van der Waals surface area contributed by atoms with E-state index in [9.17, 15) is 14.7 Å². The van der Waals surface area contributed by atoms with E-state index in [1.807, 2.05) is 25.7 Å². The van der Waals surface area contributed by atoms with Crippen molar-refractivity contribution in [1.29, 1.82) is 0 Å². The van der Waals surface area contributed by atoms with Gasteiger partial charge in [-0.15, -0.1) is 0 Å². The highest BCUT2D eigenvalue weighted by Crippen LogP contribution is 2.66. The third-order valence-corrected chi connectivity index (χ3v) is 12.5. The molecule has 7 saturated carbocycles. The summed E-state index contributed by atoms with van der Waals surface area (Å²) in [6, 6.07) is -0.730. The van der Waals surface area contributed by atoms with Crippen molar-refractivity contribution in [1.82, 2.24) is 10.2 Å². The van der Waals surface area contributed by atoms with Crippen LogP contribution in [0.3, 0.4) is 0 Å². The fourth-order valence-corrected chi connectivity index (χ4v) is 11.1. The summed E-state index contributed by atoms with van der Waals surface area (Å²) in [4.78, 5) is 29.8. The van der Waals surface area contributed by atoms with E-state index in [1.54, 1.807) is 0 Å². The molecule has 8 nitrogen and oxygen atoms in total. The Morgan fingerprint density at radius 2 is 1.77 bits per heavy atom. The zero-order valence-corrected chi connectivity index (χ0v) is 25.3. The normalized spacial score (nSPS) is 47.1. The van der Waals surface area contributed by atoms with Gasteiger partial charge in [0.15, 0.2) is 0 Å². The zero-order valence-electron chi connectivity index (χ0n) is 25.3. The lowest BCUT2D eigenvalue weighted by Crippen LogP contribution is -2.67. The van der Waals surface area contributed by atoms with Gasteiger partial charge < -0.3 is 29.4 Å². The summed E-state index contributed by atoms with van der Waals surface area (Å²) in [5.41, 5.74) is -1.92.